The molecular formula is C17H34N2. The van der Waals surface area contributed by atoms with E-state index in [2.05, 4.69) is 37.9 Å². The van der Waals surface area contributed by atoms with Gasteiger partial charge in [-0.3, -0.25) is 4.90 Å². The Morgan fingerprint density at radius 1 is 1.11 bits per heavy atom. The molecule has 1 unspecified atom stereocenters. The Hall–Kier alpha value is -0.0800. The quantitative estimate of drug-likeness (QED) is 0.756. The summed E-state index contributed by atoms with van der Waals surface area (Å²) in [6, 6.07) is 1.59. The second-order valence-electron chi connectivity index (χ2n) is 7.24. The third-order valence-corrected chi connectivity index (χ3v) is 5.79. The smallest absolute Gasteiger partial charge is 0.0243 e. The zero-order chi connectivity index (χ0) is 13.9. The van der Waals surface area contributed by atoms with Gasteiger partial charge in [-0.2, -0.15) is 0 Å². The van der Waals surface area contributed by atoms with Gasteiger partial charge in [0.05, 0.1) is 0 Å². The topological polar surface area (TPSA) is 15.3 Å². The van der Waals surface area contributed by atoms with E-state index in [0.717, 1.165) is 18.0 Å². The second-order valence-corrected chi connectivity index (χ2v) is 7.24. The van der Waals surface area contributed by atoms with Crippen LogP contribution in [0.1, 0.15) is 66.2 Å². The van der Waals surface area contributed by atoms with Crippen molar-refractivity contribution in [1.82, 2.24) is 10.2 Å². The monoisotopic (exact) mass is 266 g/mol. The zero-order valence-electron chi connectivity index (χ0n) is 13.5. The summed E-state index contributed by atoms with van der Waals surface area (Å²) < 4.78 is 0. The van der Waals surface area contributed by atoms with Crippen molar-refractivity contribution in [2.24, 2.45) is 11.3 Å². The van der Waals surface area contributed by atoms with Crippen molar-refractivity contribution in [2.75, 3.05) is 19.6 Å². The van der Waals surface area contributed by atoms with Gasteiger partial charge in [0.15, 0.2) is 0 Å². The minimum absolute atomic E-state index is 0.655. The number of nitrogens with zero attached hydrogens (tertiary/aromatic N) is 1. The molecule has 1 heterocycles. The second kappa shape index (κ2) is 6.58. The molecule has 0 amide bonds. The molecule has 112 valence electrons. The molecule has 0 aromatic rings. The molecule has 1 N–H and O–H groups in total. The standard InChI is InChI=1S/C17H34N2/c1-5-17(6-2)9-11-19(12-10-17)16(14(3)4)13-18-15-7-8-15/h14-16,18H,5-13H2,1-4H3. The molecular weight excluding hydrogens is 232 g/mol. The summed E-state index contributed by atoms with van der Waals surface area (Å²) in [6.45, 7) is 13.4. The fourth-order valence-electron chi connectivity index (χ4n) is 3.65. The summed E-state index contributed by atoms with van der Waals surface area (Å²) in [5, 5.41) is 3.74. The first kappa shape index (κ1) is 15.3. The van der Waals surface area contributed by atoms with Crippen LogP contribution in [-0.2, 0) is 0 Å². The van der Waals surface area contributed by atoms with Gasteiger partial charge in [0, 0.05) is 18.6 Å². The van der Waals surface area contributed by atoms with Crippen molar-refractivity contribution < 1.29 is 0 Å². The summed E-state index contributed by atoms with van der Waals surface area (Å²) in [5.41, 5.74) is 0.655. The molecule has 2 aliphatic rings. The van der Waals surface area contributed by atoms with Crippen molar-refractivity contribution in [2.45, 2.75) is 78.3 Å². The molecule has 0 aromatic carbocycles. The van der Waals surface area contributed by atoms with Crippen LogP contribution in [0.3, 0.4) is 0 Å². The van der Waals surface area contributed by atoms with E-state index in [-0.39, 0.29) is 0 Å². The Morgan fingerprint density at radius 2 is 1.68 bits per heavy atom. The minimum atomic E-state index is 0.655. The molecule has 1 saturated carbocycles. The molecule has 2 heteroatoms. The highest BCUT2D eigenvalue weighted by molar-refractivity contribution is 4.90. The van der Waals surface area contributed by atoms with E-state index in [1.54, 1.807) is 0 Å². The lowest BCUT2D eigenvalue weighted by atomic mass is 9.73. The fourth-order valence-corrected chi connectivity index (χ4v) is 3.65. The zero-order valence-corrected chi connectivity index (χ0v) is 13.5. The van der Waals surface area contributed by atoms with Gasteiger partial charge in [-0.15, -0.1) is 0 Å². The molecule has 19 heavy (non-hydrogen) atoms. The summed E-state index contributed by atoms with van der Waals surface area (Å²) >= 11 is 0. The minimum Gasteiger partial charge on any atom is -0.312 e. The molecule has 0 bridgehead atoms. The van der Waals surface area contributed by atoms with Crippen LogP contribution in [0.15, 0.2) is 0 Å². The Kier molecular flexibility index (Phi) is 5.30. The van der Waals surface area contributed by atoms with Gasteiger partial charge in [0.2, 0.25) is 0 Å². The Labute approximate surface area is 120 Å². The van der Waals surface area contributed by atoms with E-state index < -0.39 is 0 Å². The molecule has 0 aromatic heterocycles. The van der Waals surface area contributed by atoms with Crippen LogP contribution in [0.4, 0.5) is 0 Å². The van der Waals surface area contributed by atoms with Crippen molar-refractivity contribution in [1.29, 1.82) is 0 Å². The molecule has 2 fully saturated rings. The van der Waals surface area contributed by atoms with Gasteiger partial charge in [-0.25, -0.2) is 0 Å². The number of hydrogen-bond acceptors (Lipinski definition) is 2. The molecule has 1 saturated heterocycles. The lowest BCUT2D eigenvalue weighted by molar-refractivity contribution is 0.0503. The van der Waals surface area contributed by atoms with Gasteiger partial charge in [0.1, 0.15) is 0 Å². The molecule has 0 spiro atoms. The van der Waals surface area contributed by atoms with E-state index >= 15 is 0 Å². The number of likely N-dealkylation sites (tertiary alicyclic amines) is 1. The van der Waals surface area contributed by atoms with E-state index in [4.69, 9.17) is 0 Å². The van der Waals surface area contributed by atoms with E-state index in [1.807, 2.05) is 0 Å². The predicted octanol–water partition coefficient (Wildman–Crippen LogP) is 3.67. The highest BCUT2D eigenvalue weighted by Gasteiger charge is 2.34. The van der Waals surface area contributed by atoms with Crippen molar-refractivity contribution in [3.8, 4) is 0 Å². The first-order chi connectivity index (χ1) is 9.10. The Balaban J connectivity index is 1.85. The summed E-state index contributed by atoms with van der Waals surface area (Å²) in [7, 11) is 0. The molecule has 2 rings (SSSR count). The number of rotatable bonds is 7. The van der Waals surface area contributed by atoms with E-state index in [9.17, 15) is 0 Å². The third kappa shape index (κ3) is 3.95. The average molecular weight is 266 g/mol. The maximum absolute atomic E-state index is 3.74. The van der Waals surface area contributed by atoms with Gasteiger partial charge in [0.25, 0.3) is 0 Å². The highest BCUT2D eigenvalue weighted by atomic mass is 15.2. The van der Waals surface area contributed by atoms with Crippen molar-refractivity contribution in [3.05, 3.63) is 0 Å². The fraction of sp³-hybridized carbons (Fsp3) is 1.00. The summed E-state index contributed by atoms with van der Waals surface area (Å²) in [6.07, 6.45) is 8.35. The third-order valence-electron chi connectivity index (χ3n) is 5.79. The van der Waals surface area contributed by atoms with Gasteiger partial charge in [-0.1, -0.05) is 40.5 Å². The average Bonchev–Trinajstić information content (AvgIpc) is 3.24. The number of nitrogens with one attached hydrogen (secondary N) is 1. The Bertz CT molecular complexity index is 256. The van der Waals surface area contributed by atoms with Crippen LogP contribution in [0.2, 0.25) is 0 Å². The van der Waals surface area contributed by atoms with Crippen LogP contribution >= 0.6 is 0 Å². The molecule has 1 atom stereocenters. The molecule has 2 nitrogen and oxygen atoms in total. The van der Waals surface area contributed by atoms with Crippen LogP contribution in [-0.4, -0.2) is 36.6 Å². The Morgan fingerprint density at radius 3 is 2.11 bits per heavy atom. The van der Waals surface area contributed by atoms with E-state index in [1.165, 1.54) is 58.2 Å². The first-order valence-electron chi connectivity index (χ1n) is 8.57. The van der Waals surface area contributed by atoms with Gasteiger partial charge >= 0.3 is 0 Å². The largest absolute Gasteiger partial charge is 0.312 e. The molecule has 1 aliphatic heterocycles. The van der Waals surface area contributed by atoms with Crippen LogP contribution in [0, 0.1) is 11.3 Å². The SMILES string of the molecule is CCC1(CC)CCN(C(CNC2CC2)C(C)C)CC1. The number of hydrogen-bond donors (Lipinski definition) is 1. The maximum Gasteiger partial charge on any atom is 0.0243 e. The lowest BCUT2D eigenvalue weighted by Gasteiger charge is -2.45. The van der Waals surface area contributed by atoms with Crippen LogP contribution < -0.4 is 5.32 Å². The normalized spacial score (nSPS) is 25.7. The van der Waals surface area contributed by atoms with Crippen molar-refractivity contribution >= 4 is 0 Å². The van der Waals surface area contributed by atoms with Crippen LogP contribution in [0.25, 0.3) is 0 Å². The number of piperidine rings is 1. The first-order valence-corrected chi connectivity index (χ1v) is 8.57. The summed E-state index contributed by atoms with van der Waals surface area (Å²) in [4.78, 5) is 2.77. The predicted molar refractivity (Wildman–Crippen MR) is 83.5 cm³/mol. The lowest BCUT2D eigenvalue weighted by Crippen LogP contribution is -2.51. The van der Waals surface area contributed by atoms with Crippen molar-refractivity contribution in [3.63, 3.8) is 0 Å². The van der Waals surface area contributed by atoms with E-state index in [0.29, 0.717) is 5.41 Å². The molecule has 0 radical (unpaired) electrons. The summed E-state index contributed by atoms with van der Waals surface area (Å²) in [5.74, 6) is 0.766. The van der Waals surface area contributed by atoms with Gasteiger partial charge in [-0.05, 0) is 50.1 Å². The van der Waals surface area contributed by atoms with Crippen LogP contribution in [0.5, 0.6) is 0 Å². The maximum atomic E-state index is 3.74. The van der Waals surface area contributed by atoms with Gasteiger partial charge < -0.3 is 5.32 Å². The molecule has 1 aliphatic carbocycles. The highest BCUT2D eigenvalue weighted by Crippen LogP contribution is 2.38.